The smallest absolute Gasteiger partial charge is 0.253 e. The van der Waals surface area contributed by atoms with E-state index in [0.717, 1.165) is 4.90 Å². The van der Waals surface area contributed by atoms with E-state index in [2.05, 4.69) is 0 Å². The fourth-order valence-electron chi connectivity index (χ4n) is 0.762. The van der Waals surface area contributed by atoms with Gasteiger partial charge in [0.25, 0.3) is 5.88 Å². The largest absolute Gasteiger partial charge is 0.264 e. The molecule has 0 aliphatic rings. The van der Waals surface area contributed by atoms with E-state index in [0.29, 0.717) is 0 Å². The van der Waals surface area contributed by atoms with Crippen molar-refractivity contribution in [2.75, 3.05) is 5.88 Å². The summed E-state index contributed by atoms with van der Waals surface area (Å²) in [5.74, 6) is -0.0664. The van der Waals surface area contributed by atoms with Gasteiger partial charge in [0.2, 0.25) is 0 Å². The Labute approximate surface area is 74.9 Å². The third-order valence-corrected chi connectivity index (χ3v) is 2.30. The van der Waals surface area contributed by atoms with Gasteiger partial charge in [-0.1, -0.05) is 29.5 Å². The van der Waals surface area contributed by atoms with E-state index in [1.165, 1.54) is 17.3 Å². The number of benzene rings is 1. The fourth-order valence-corrected chi connectivity index (χ4v) is 1.34. The van der Waals surface area contributed by atoms with Gasteiger partial charge in [0, 0.05) is 9.82 Å². The normalized spacial score (nSPS) is 9.75. The lowest BCUT2D eigenvalue weighted by atomic mass is 10.2. The van der Waals surface area contributed by atoms with Gasteiger partial charge in [-0.2, -0.15) is 0 Å². The highest BCUT2D eigenvalue weighted by molar-refractivity contribution is 7.99. The summed E-state index contributed by atoms with van der Waals surface area (Å²) >= 11 is 1.24. The summed E-state index contributed by atoms with van der Waals surface area (Å²) in [6.45, 7) is 1.99. The minimum atomic E-state index is -0.329. The van der Waals surface area contributed by atoms with Crippen LogP contribution < -0.4 is 0 Å². The maximum Gasteiger partial charge on any atom is 0.253 e. The van der Waals surface area contributed by atoms with Crippen LogP contribution in [0.25, 0.3) is 0 Å². The lowest BCUT2D eigenvalue weighted by Gasteiger charge is -1.96. The summed E-state index contributed by atoms with van der Waals surface area (Å²) in [7, 11) is 0. The number of hydrogen-bond donors (Lipinski definition) is 0. The first-order valence-electron chi connectivity index (χ1n) is 3.50. The molecule has 0 aliphatic carbocycles. The molecule has 4 heteroatoms. The van der Waals surface area contributed by atoms with Gasteiger partial charge in [-0.3, -0.25) is 10.1 Å². The Bertz CT molecular complexity index is 271. The Balaban J connectivity index is 2.53. The molecule has 12 heavy (non-hydrogen) atoms. The molecule has 1 aromatic carbocycles. The zero-order valence-corrected chi connectivity index (χ0v) is 7.50. The highest BCUT2D eigenvalue weighted by Crippen LogP contribution is 2.17. The number of hydrogen-bond acceptors (Lipinski definition) is 3. The molecule has 0 saturated carbocycles. The van der Waals surface area contributed by atoms with E-state index >= 15 is 0 Å². The molecule has 1 aromatic rings. The van der Waals surface area contributed by atoms with Crippen LogP contribution in [-0.2, 0) is 0 Å². The van der Waals surface area contributed by atoms with Crippen molar-refractivity contribution in [3.8, 4) is 0 Å². The first kappa shape index (κ1) is 9.06. The average molecular weight is 183 g/mol. The predicted molar refractivity (Wildman–Crippen MR) is 48.9 cm³/mol. The van der Waals surface area contributed by atoms with E-state index < -0.39 is 0 Å². The Morgan fingerprint density at radius 2 is 2.00 bits per heavy atom. The zero-order chi connectivity index (χ0) is 8.97. The molecule has 64 valence electrons. The Kier molecular flexibility index (Phi) is 3.10. The molecule has 0 aliphatic heterocycles. The molecule has 3 nitrogen and oxygen atoms in total. The van der Waals surface area contributed by atoms with Gasteiger partial charge in [0.1, 0.15) is 0 Å². The van der Waals surface area contributed by atoms with Crippen LogP contribution >= 0.6 is 11.8 Å². The van der Waals surface area contributed by atoms with Crippen LogP contribution in [0, 0.1) is 17.0 Å². The lowest BCUT2D eigenvalue weighted by molar-refractivity contribution is -0.456. The molecule has 0 saturated heterocycles. The van der Waals surface area contributed by atoms with Gasteiger partial charge in [0.15, 0.2) is 0 Å². The molecule has 0 bridgehead atoms. The topological polar surface area (TPSA) is 43.1 Å². The minimum Gasteiger partial charge on any atom is -0.264 e. The van der Waals surface area contributed by atoms with Crippen LogP contribution in [0.15, 0.2) is 29.2 Å². The number of rotatable bonds is 3. The van der Waals surface area contributed by atoms with E-state index in [9.17, 15) is 10.1 Å². The molecule has 0 amide bonds. The van der Waals surface area contributed by atoms with Gasteiger partial charge in [0.05, 0.1) is 0 Å². The number of aryl methyl sites for hydroxylation is 1. The molecule has 0 heterocycles. The first-order chi connectivity index (χ1) is 5.68. The molecule has 0 unspecified atom stereocenters. The van der Waals surface area contributed by atoms with Gasteiger partial charge < -0.3 is 0 Å². The molecule has 0 fully saturated rings. The monoisotopic (exact) mass is 183 g/mol. The van der Waals surface area contributed by atoms with Crippen LogP contribution in [0.1, 0.15) is 5.56 Å². The van der Waals surface area contributed by atoms with Crippen molar-refractivity contribution in [1.29, 1.82) is 0 Å². The van der Waals surface area contributed by atoms with Crippen LogP contribution in [0.4, 0.5) is 0 Å². The number of nitrogens with zero attached hydrogens (tertiary/aromatic N) is 1. The summed E-state index contributed by atoms with van der Waals surface area (Å²) < 4.78 is 0. The average Bonchev–Trinajstić information content (AvgIpc) is 2.03. The van der Waals surface area contributed by atoms with Crippen molar-refractivity contribution in [2.24, 2.45) is 0 Å². The summed E-state index contributed by atoms with van der Waals surface area (Å²) in [5.41, 5.74) is 1.17. The third-order valence-electron chi connectivity index (χ3n) is 1.36. The SMILES string of the molecule is Cc1ccc(SC[N+](=O)[O-])cc1. The van der Waals surface area contributed by atoms with E-state index in [1.54, 1.807) is 0 Å². The van der Waals surface area contributed by atoms with E-state index in [4.69, 9.17) is 0 Å². The van der Waals surface area contributed by atoms with Crippen LogP contribution in [0.2, 0.25) is 0 Å². The fraction of sp³-hybridized carbons (Fsp3) is 0.250. The molecular formula is C8H9NO2S. The summed E-state index contributed by atoms with van der Waals surface area (Å²) in [6, 6.07) is 7.68. The highest BCUT2D eigenvalue weighted by atomic mass is 32.2. The second-order valence-corrected chi connectivity index (χ2v) is 3.44. The molecule has 0 N–H and O–H groups in total. The van der Waals surface area contributed by atoms with Crippen LogP contribution in [0.3, 0.4) is 0 Å². The van der Waals surface area contributed by atoms with Crippen molar-refractivity contribution in [1.82, 2.24) is 0 Å². The zero-order valence-electron chi connectivity index (χ0n) is 6.69. The van der Waals surface area contributed by atoms with Crippen molar-refractivity contribution in [3.05, 3.63) is 39.9 Å². The Morgan fingerprint density at radius 1 is 1.42 bits per heavy atom. The predicted octanol–water partition coefficient (Wildman–Crippen LogP) is 2.32. The first-order valence-corrected chi connectivity index (χ1v) is 4.48. The molecule has 1 rings (SSSR count). The maximum absolute atomic E-state index is 10.0. The van der Waals surface area contributed by atoms with Crippen molar-refractivity contribution in [3.63, 3.8) is 0 Å². The molecule has 0 spiro atoms. The molecule has 0 radical (unpaired) electrons. The summed E-state index contributed by atoms with van der Waals surface area (Å²) in [5, 5.41) is 10.0. The summed E-state index contributed by atoms with van der Waals surface area (Å²) in [6.07, 6.45) is 0. The van der Waals surface area contributed by atoms with E-state index in [1.807, 2.05) is 31.2 Å². The number of nitro groups is 1. The summed E-state index contributed by atoms with van der Waals surface area (Å²) in [4.78, 5) is 10.6. The Morgan fingerprint density at radius 3 is 2.50 bits per heavy atom. The quantitative estimate of drug-likeness (QED) is 0.312. The third kappa shape index (κ3) is 2.92. The van der Waals surface area contributed by atoms with Gasteiger partial charge in [-0.15, -0.1) is 0 Å². The van der Waals surface area contributed by atoms with Gasteiger partial charge in [-0.25, -0.2) is 0 Å². The van der Waals surface area contributed by atoms with Gasteiger partial charge >= 0.3 is 0 Å². The lowest BCUT2D eigenvalue weighted by Crippen LogP contribution is -1.94. The van der Waals surface area contributed by atoms with Crippen molar-refractivity contribution in [2.45, 2.75) is 11.8 Å². The molecular weight excluding hydrogens is 174 g/mol. The van der Waals surface area contributed by atoms with Crippen molar-refractivity contribution >= 4 is 11.8 Å². The second kappa shape index (κ2) is 4.11. The van der Waals surface area contributed by atoms with Crippen molar-refractivity contribution < 1.29 is 4.92 Å². The maximum atomic E-state index is 10.0. The molecule has 0 atom stereocenters. The minimum absolute atomic E-state index is 0.0664. The Hall–Kier alpha value is -1.03. The molecule has 0 aromatic heterocycles. The van der Waals surface area contributed by atoms with Crippen LogP contribution in [0.5, 0.6) is 0 Å². The number of thioether (sulfide) groups is 1. The van der Waals surface area contributed by atoms with E-state index in [-0.39, 0.29) is 10.8 Å². The van der Waals surface area contributed by atoms with Crippen LogP contribution in [-0.4, -0.2) is 10.8 Å². The second-order valence-electron chi connectivity index (χ2n) is 2.42. The van der Waals surface area contributed by atoms with Gasteiger partial charge in [-0.05, 0) is 19.1 Å². The standard InChI is InChI=1S/C8H9NO2S/c1-7-2-4-8(5-3-7)12-6-9(10)11/h2-5H,6H2,1H3. The highest BCUT2D eigenvalue weighted by Gasteiger charge is 1.98.